The Morgan fingerprint density at radius 1 is 0.857 bits per heavy atom. The first-order valence-electron chi connectivity index (χ1n) is 0.894. The van der Waals surface area contributed by atoms with Gasteiger partial charge in [0.2, 0.25) is 0 Å². The van der Waals surface area contributed by atoms with Crippen LogP contribution in [0.1, 0.15) is 0 Å². The van der Waals surface area contributed by atoms with Gasteiger partial charge in [-0.15, -0.1) is 0 Å². The summed E-state index contributed by atoms with van der Waals surface area (Å²) >= 11 is 0. The zero-order valence-corrected chi connectivity index (χ0v) is 3.29. The molecule has 0 aliphatic rings. The van der Waals surface area contributed by atoms with Gasteiger partial charge < -0.3 is 19.2 Å². The standard InChI is InChI=1S/Li.H4O4Si.H4Si.H/c;1-5(2,3)4;;/h;1-4H;1H4;. The Labute approximate surface area is 58.5 Å². The Morgan fingerprint density at radius 2 is 0.857 bits per heavy atom. The van der Waals surface area contributed by atoms with E-state index in [0.29, 0.717) is 0 Å². The van der Waals surface area contributed by atoms with Gasteiger partial charge in [-0.2, -0.15) is 0 Å². The third-order valence-electron chi connectivity index (χ3n) is 0. The van der Waals surface area contributed by atoms with Gasteiger partial charge in [0.25, 0.3) is 0 Å². The summed E-state index contributed by atoms with van der Waals surface area (Å²) in [6.07, 6.45) is 0. The van der Waals surface area contributed by atoms with Crippen LogP contribution in [0, 0.1) is 0 Å². The van der Waals surface area contributed by atoms with E-state index in [1.807, 2.05) is 0 Å². The largest absolute Gasteiger partial charge is 0.0149 e. The summed E-state index contributed by atoms with van der Waals surface area (Å²) in [6.45, 7) is 0. The minimum absolute atomic E-state index is 0. The van der Waals surface area contributed by atoms with Crippen molar-refractivity contribution in [2.24, 2.45) is 0 Å². The van der Waals surface area contributed by atoms with Crippen molar-refractivity contribution < 1.29 is 19.2 Å². The number of rotatable bonds is 0. The van der Waals surface area contributed by atoms with E-state index < -0.39 is 9.05 Å². The molecule has 7 heteroatoms. The molecule has 0 saturated carbocycles. The molecule has 0 radical (unpaired) electrons. The maximum atomic E-state index is 7.33. The second kappa shape index (κ2) is 5.02. The predicted molar refractivity (Wildman–Crippen MR) is 33.1 cm³/mol. The van der Waals surface area contributed by atoms with Crippen LogP contribution < -0.4 is 0 Å². The molecule has 0 aromatic heterocycles. The van der Waals surface area contributed by atoms with E-state index in [0.717, 1.165) is 0 Å². The molecule has 0 aromatic carbocycles. The molecule has 42 valence electrons. The fourth-order valence-electron chi connectivity index (χ4n) is 0. The van der Waals surface area contributed by atoms with Gasteiger partial charge in [-0.05, 0) is 11.0 Å². The smallest absolute Gasteiger partial charge is 0.0149 e. The van der Waals surface area contributed by atoms with Crippen LogP contribution in [0.25, 0.3) is 0 Å². The summed E-state index contributed by atoms with van der Waals surface area (Å²) in [6, 6.07) is 0. The molecule has 0 rings (SSSR count). The topological polar surface area (TPSA) is 80.9 Å². The van der Waals surface area contributed by atoms with Crippen molar-refractivity contribution in [3.8, 4) is 0 Å². The van der Waals surface area contributed by atoms with Crippen molar-refractivity contribution in [1.82, 2.24) is 0 Å². The van der Waals surface area contributed by atoms with Crippen LogP contribution in [-0.2, 0) is 0 Å². The van der Waals surface area contributed by atoms with Crippen molar-refractivity contribution in [3.63, 3.8) is 0 Å². The minimum Gasteiger partial charge on any atom is -0.0149 e. The molecular formula is H9LiO4Si2. The molecule has 4 nitrogen and oxygen atoms in total. The molecule has 0 aliphatic carbocycles. The molecule has 0 amide bonds. The second-order valence-corrected chi connectivity index (χ2v) is 1.80. The van der Waals surface area contributed by atoms with E-state index in [1.54, 1.807) is 0 Å². The van der Waals surface area contributed by atoms with E-state index in [9.17, 15) is 0 Å². The van der Waals surface area contributed by atoms with Crippen molar-refractivity contribution in [2.75, 3.05) is 0 Å². The third-order valence-corrected chi connectivity index (χ3v) is 0. The van der Waals surface area contributed by atoms with Crippen LogP contribution in [0.15, 0.2) is 0 Å². The van der Waals surface area contributed by atoms with Crippen LogP contribution >= 0.6 is 0 Å². The van der Waals surface area contributed by atoms with E-state index in [1.165, 1.54) is 0 Å². The van der Waals surface area contributed by atoms with Gasteiger partial charge in [0.05, 0.1) is 0 Å². The third kappa shape index (κ3) is 215. The molecule has 0 aliphatic heterocycles. The summed E-state index contributed by atoms with van der Waals surface area (Å²) < 4.78 is 0. The minimum atomic E-state index is -4.61. The van der Waals surface area contributed by atoms with E-state index in [4.69, 9.17) is 19.2 Å². The molecule has 0 bridgehead atoms. The van der Waals surface area contributed by atoms with Gasteiger partial charge >= 0.3 is 27.9 Å². The molecule has 0 aromatic rings. The summed E-state index contributed by atoms with van der Waals surface area (Å²) in [5, 5.41) is 0. The van der Waals surface area contributed by atoms with Crippen LogP contribution in [0.3, 0.4) is 0 Å². The average Bonchev–Trinajstić information content (AvgIpc) is 0.722. The predicted octanol–water partition coefficient (Wildman–Crippen LogP) is -4.71. The monoisotopic (exact) mass is 136 g/mol. The molecule has 0 atom stereocenters. The summed E-state index contributed by atoms with van der Waals surface area (Å²) in [4.78, 5) is 29.3. The molecule has 0 fully saturated rings. The Bertz CT molecular complexity index is 25.2. The van der Waals surface area contributed by atoms with Gasteiger partial charge in [0, 0.05) is 0 Å². The zero-order chi connectivity index (χ0) is 4.50. The van der Waals surface area contributed by atoms with Gasteiger partial charge in [-0.25, -0.2) is 0 Å². The molecule has 0 heterocycles. The van der Waals surface area contributed by atoms with E-state index >= 15 is 0 Å². The van der Waals surface area contributed by atoms with Gasteiger partial charge in [-0.3, -0.25) is 0 Å². The van der Waals surface area contributed by atoms with Crippen molar-refractivity contribution >= 4 is 38.9 Å². The van der Waals surface area contributed by atoms with Crippen LogP contribution in [0.2, 0.25) is 0 Å². The molecule has 0 saturated heterocycles. The number of hydrogen-bond donors (Lipinski definition) is 4. The molecule has 7 heavy (non-hydrogen) atoms. The molecule has 0 unspecified atom stereocenters. The van der Waals surface area contributed by atoms with Crippen LogP contribution in [0.4, 0.5) is 0 Å². The van der Waals surface area contributed by atoms with Crippen LogP contribution in [0.5, 0.6) is 0 Å². The first kappa shape index (κ1) is 15.7. The Morgan fingerprint density at radius 3 is 0.857 bits per heavy atom. The maximum Gasteiger partial charge on any atom is -0.0149 e. The Balaban J connectivity index is -0.0000000800. The SMILES string of the molecule is O[Si](O)(O)O.[LiH].[SiH4]. The summed E-state index contributed by atoms with van der Waals surface area (Å²) in [7, 11) is -4.61. The average molecular weight is 136 g/mol. The molecular weight excluding hydrogens is 127 g/mol. The Hall–Kier alpha value is 0.871. The summed E-state index contributed by atoms with van der Waals surface area (Å²) in [5.74, 6) is 0. The van der Waals surface area contributed by atoms with Crippen molar-refractivity contribution in [1.29, 1.82) is 0 Å². The van der Waals surface area contributed by atoms with Crippen molar-refractivity contribution in [3.05, 3.63) is 0 Å². The maximum absolute atomic E-state index is 7.33. The fourth-order valence-corrected chi connectivity index (χ4v) is 0. The van der Waals surface area contributed by atoms with Crippen LogP contribution in [-0.4, -0.2) is 58.1 Å². The first-order valence-corrected chi connectivity index (χ1v) is 2.68. The van der Waals surface area contributed by atoms with E-state index in [-0.39, 0.29) is 29.8 Å². The molecule has 4 N–H and O–H groups in total. The van der Waals surface area contributed by atoms with E-state index in [2.05, 4.69) is 0 Å². The van der Waals surface area contributed by atoms with Gasteiger partial charge in [-0.1, -0.05) is 0 Å². The normalized spacial score (nSPS) is 8.57. The quantitative estimate of drug-likeness (QED) is 0.252. The second-order valence-electron chi connectivity index (χ2n) is 0.600. The number of hydrogen-bond acceptors (Lipinski definition) is 4. The van der Waals surface area contributed by atoms with Crippen molar-refractivity contribution in [2.45, 2.75) is 0 Å². The van der Waals surface area contributed by atoms with Gasteiger partial charge in [0.1, 0.15) is 0 Å². The summed E-state index contributed by atoms with van der Waals surface area (Å²) in [5.41, 5.74) is 0. The first-order chi connectivity index (χ1) is 2.00. The van der Waals surface area contributed by atoms with Gasteiger partial charge in [0.15, 0.2) is 0 Å². The molecule has 0 spiro atoms. The Kier molecular flexibility index (Phi) is 11.2. The fraction of sp³-hybridized carbons (Fsp3) is 0. The zero-order valence-electron chi connectivity index (χ0n) is 2.29.